The van der Waals surface area contributed by atoms with E-state index in [2.05, 4.69) is 20.2 Å². The third-order valence-electron chi connectivity index (χ3n) is 2.25. The topological polar surface area (TPSA) is 70.0 Å². The Kier molecular flexibility index (Phi) is 2.47. The van der Waals surface area contributed by atoms with E-state index in [1.165, 1.54) is 0 Å². The van der Waals surface area contributed by atoms with E-state index >= 15 is 0 Å². The maximum atomic E-state index is 5.49. The van der Waals surface area contributed by atoms with Crippen LogP contribution in [0.4, 0.5) is 5.95 Å². The van der Waals surface area contributed by atoms with Gasteiger partial charge in [0, 0.05) is 32.7 Å². The van der Waals surface area contributed by atoms with E-state index in [1.807, 2.05) is 0 Å². The summed E-state index contributed by atoms with van der Waals surface area (Å²) in [6.07, 6.45) is 1.80. The van der Waals surface area contributed by atoms with Gasteiger partial charge in [0.2, 0.25) is 0 Å². The lowest BCUT2D eigenvalue weighted by Crippen LogP contribution is -2.42. The van der Waals surface area contributed by atoms with E-state index in [9.17, 15) is 0 Å². The third-order valence-corrected chi connectivity index (χ3v) is 2.25. The van der Waals surface area contributed by atoms with Gasteiger partial charge in [0.15, 0.2) is 5.95 Å². The minimum Gasteiger partial charge on any atom is -0.369 e. The molecule has 72 valence electrons. The van der Waals surface area contributed by atoms with Crippen LogP contribution in [0.5, 0.6) is 0 Å². The summed E-state index contributed by atoms with van der Waals surface area (Å²) in [5, 5.41) is 3.31. The smallest absolute Gasteiger partial charge is 0.197 e. The maximum Gasteiger partial charge on any atom is 0.197 e. The lowest BCUT2D eigenvalue weighted by atomic mass is 10.3. The Morgan fingerprint density at radius 2 is 2.23 bits per heavy atom. The molecule has 0 spiro atoms. The SMILES string of the molecule is Nc1ncc(CN2CCNCC2)[nH]1. The Balaban J connectivity index is 1.89. The number of hydrogen-bond donors (Lipinski definition) is 3. The van der Waals surface area contributed by atoms with Gasteiger partial charge >= 0.3 is 0 Å². The first-order valence-electron chi connectivity index (χ1n) is 4.57. The summed E-state index contributed by atoms with van der Waals surface area (Å²) in [7, 11) is 0. The van der Waals surface area contributed by atoms with E-state index in [-0.39, 0.29) is 0 Å². The molecule has 0 aromatic carbocycles. The Labute approximate surface area is 77.3 Å². The van der Waals surface area contributed by atoms with Crippen LogP contribution in [0.3, 0.4) is 0 Å². The first-order chi connectivity index (χ1) is 6.34. The summed E-state index contributed by atoms with van der Waals surface area (Å²) in [5.41, 5.74) is 6.58. The molecule has 5 heteroatoms. The van der Waals surface area contributed by atoms with Crippen LogP contribution in [0.1, 0.15) is 5.69 Å². The van der Waals surface area contributed by atoms with Crippen molar-refractivity contribution < 1.29 is 0 Å². The molecule has 1 aromatic rings. The van der Waals surface area contributed by atoms with Gasteiger partial charge in [-0.25, -0.2) is 4.98 Å². The normalized spacial score (nSPS) is 19.1. The molecule has 1 saturated heterocycles. The highest BCUT2D eigenvalue weighted by atomic mass is 15.2. The van der Waals surface area contributed by atoms with Crippen molar-refractivity contribution in [2.75, 3.05) is 31.9 Å². The number of aromatic nitrogens is 2. The molecule has 0 aliphatic carbocycles. The van der Waals surface area contributed by atoms with Crippen molar-refractivity contribution in [3.63, 3.8) is 0 Å². The summed E-state index contributed by atoms with van der Waals surface area (Å²) in [6, 6.07) is 0. The molecule has 0 amide bonds. The van der Waals surface area contributed by atoms with Crippen LogP contribution in [0, 0.1) is 0 Å². The second-order valence-corrected chi connectivity index (χ2v) is 3.32. The summed E-state index contributed by atoms with van der Waals surface area (Å²) in [4.78, 5) is 9.37. The van der Waals surface area contributed by atoms with Crippen molar-refractivity contribution >= 4 is 5.95 Å². The summed E-state index contributed by atoms with van der Waals surface area (Å²) < 4.78 is 0. The number of nitrogens with two attached hydrogens (primary N) is 1. The Morgan fingerprint density at radius 1 is 1.46 bits per heavy atom. The number of imidazole rings is 1. The molecule has 0 radical (unpaired) electrons. The van der Waals surface area contributed by atoms with Gasteiger partial charge in [-0.15, -0.1) is 0 Å². The quantitative estimate of drug-likeness (QED) is 0.569. The van der Waals surface area contributed by atoms with Crippen molar-refractivity contribution in [2.24, 2.45) is 0 Å². The Hall–Kier alpha value is -1.07. The second-order valence-electron chi connectivity index (χ2n) is 3.32. The highest BCUT2D eigenvalue weighted by Crippen LogP contribution is 2.03. The van der Waals surface area contributed by atoms with Crippen LogP contribution in [-0.2, 0) is 6.54 Å². The van der Waals surface area contributed by atoms with Gasteiger partial charge in [0.1, 0.15) is 0 Å². The number of anilines is 1. The second kappa shape index (κ2) is 3.76. The predicted octanol–water partition coefficient (Wildman–Crippen LogP) is -0.603. The third kappa shape index (κ3) is 2.19. The first kappa shape index (κ1) is 8.52. The van der Waals surface area contributed by atoms with Crippen molar-refractivity contribution in [2.45, 2.75) is 6.54 Å². The van der Waals surface area contributed by atoms with E-state index in [1.54, 1.807) is 6.20 Å². The van der Waals surface area contributed by atoms with E-state index < -0.39 is 0 Å². The molecule has 0 atom stereocenters. The molecule has 0 bridgehead atoms. The Bertz CT molecular complexity index is 263. The highest BCUT2D eigenvalue weighted by molar-refractivity contribution is 5.18. The molecular weight excluding hydrogens is 166 g/mol. The number of aromatic amines is 1. The predicted molar refractivity (Wildman–Crippen MR) is 51.1 cm³/mol. The minimum atomic E-state index is 0.505. The van der Waals surface area contributed by atoms with Crippen LogP contribution in [0.25, 0.3) is 0 Å². The van der Waals surface area contributed by atoms with Gasteiger partial charge in [-0.1, -0.05) is 0 Å². The largest absolute Gasteiger partial charge is 0.369 e. The highest BCUT2D eigenvalue weighted by Gasteiger charge is 2.10. The number of nitrogen functional groups attached to an aromatic ring is 1. The summed E-state index contributed by atoms with van der Waals surface area (Å²) >= 11 is 0. The average molecular weight is 181 g/mol. The molecule has 1 aliphatic heterocycles. The summed E-state index contributed by atoms with van der Waals surface area (Å²) in [6.45, 7) is 5.26. The molecule has 5 nitrogen and oxygen atoms in total. The fraction of sp³-hybridized carbons (Fsp3) is 0.625. The molecule has 1 aromatic heterocycles. The van der Waals surface area contributed by atoms with Crippen LogP contribution < -0.4 is 11.1 Å². The van der Waals surface area contributed by atoms with E-state index in [4.69, 9.17) is 5.73 Å². The fourth-order valence-corrected chi connectivity index (χ4v) is 1.57. The van der Waals surface area contributed by atoms with Gasteiger partial charge < -0.3 is 16.0 Å². The monoisotopic (exact) mass is 181 g/mol. The number of nitrogens with zero attached hydrogens (tertiary/aromatic N) is 2. The molecule has 2 heterocycles. The Morgan fingerprint density at radius 3 is 2.85 bits per heavy atom. The van der Waals surface area contributed by atoms with Crippen molar-refractivity contribution in [1.29, 1.82) is 0 Å². The zero-order valence-electron chi connectivity index (χ0n) is 7.58. The maximum absolute atomic E-state index is 5.49. The van der Waals surface area contributed by atoms with E-state index in [0.717, 1.165) is 38.4 Å². The van der Waals surface area contributed by atoms with Gasteiger partial charge in [0.05, 0.1) is 11.9 Å². The molecular formula is C8H15N5. The van der Waals surface area contributed by atoms with Gasteiger partial charge in [-0.2, -0.15) is 0 Å². The number of H-pyrrole nitrogens is 1. The first-order valence-corrected chi connectivity index (χ1v) is 4.57. The zero-order chi connectivity index (χ0) is 9.10. The number of hydrogen-bond acceptors (Lipinski definition) is 4. The van der Waals surface area contributed by atoms with Crippen molar-refractivity contribution in [3.8, 4) is 0 Å². The lowest BCUT2D eigenvalue weighted by Gasteiger charge is -2.26. The molecule has 1 fully saturated rings. The molecule has 0 unspecified atom stereocenters. The average Bonchev–Trinajstić information content (AvgIpc) is 2.53. The van der Waals surface area contributed by atoms with Crippen molar-refractivity contribution in [3.05, 3.63) is 11.9 Å². The molecule has 13 heavy (non-hydrogen) atoms. The van der Waals surface area contributed by atoms with E-state index in [0.29, 0.717) is 5.95 Å². The summed E-state index contributed by atoms with van der Waals surface area (Å²) in [5.74, 6) is 0.505. The number of piperazine rings is 1. The van der Waals surface area contributed by atoms with Crippen LogP contribution in [0.15, 0.2) is 6.20 Å². The van der Waals surface area contributed by atoms with Crippen LogP contribution >= 0.6 is 0 Å². The van der Waals surface area contributed by atoms with Gasteiger partial charge in [-0.3, -0.25) is 4.90 Å². The number of rotatable bonds is 2. The minimum absolute atomic E-state index is 0.505. The molecule has 2 rings (SSSR count). The standard InChI is InChI=1S/C8H15N5/c9-8-11-5-7(12-8)6-13-3-1-10-2-4-13/h5,10H,1-4,6H2,(H3,9,11,12). The fourth-order valence-electron chi connectivity index (χ4n) is 1.57. The molecule has 1 aliphatic rings. The lowest BCUT2D eigenvalue weighted by molar-refractivity contribution is 0.231. The van der Waals surface area contributed by atoms with Crippen molar-refractivity contribution in [1.82, 2.24) is 20.2 Å². The molecule has 4 N–H and O–H groups in total. The van der Waals surface area contributed by atoms with Gasteiger partial charge in [0.25, 0.3) is 0 Å². The van der Waals surface area contributed by atoms with Crippen LogP contribution in [0.2, 0.25) is 0 Å². The number of nitrogens with one attached hydrogen (secondary N) is 2. The van der Waals surface area contributed by atoms with Gasteiger partial charge in [-0.05, 0) is 0 Å². The molecule has 0 saturated carbocycles. The van der Waals surface area contributed by atoms with Crippen LogP contribution in [-0.4, -0.2) is 41.0 Å². The zero-order valence-corrected chi connectivity index (χ0v) is 7.58.